The van der Waals surface area contributed by atoms with Crippen molar-refractivity contribution >= 4 is 29.5 Å². The van der Waals surface area contributed by atoms with Crippen LogP contribution in [0.15, 0.2) is 0 Å². The molecule has 0 saturated carbocycles. The molecule has 0 aromatic rings. The van der Waals surface area contributed by atoms with Gasteiger partial charge in [-0.25, -0.2) is 0 Å². The molecule has 1 fully saturated rings. The molecule has 0 radical (unpaired) electrons. The zero-order chi connectivity index (χ0) is 12.6. The van der Waals surface area contributed by atoms with Crippen molar-refractivity contribution in [3.63, 3.8) is 0 Å². The normalized spacial score (nSPS) is 18.9. The van der Waals surface area contributed by atoms with Crippen LogP contribution in [0.2, 0.25) is 0 Å². The number of unbranched alkanes of at least 4 members (excludes halogenated alkanes) is 3. The minimum Gasteiger partial charge on any atom is -0.466 e. The molecule has 4 heteroatoms. The van der Waals surface area contributed by atoms with E-state index in [-0.39, 0.29) is 5.97 Å². The molecule has 1 saturated heterocycles. The quantitative estimate of drug-likeness (QED) is 0.517. The lowest BCUT2D eigenvalue weighted by atomic mass is 10.1. The van der Waals surface area contributed by atoms with Crippen LogP contribution in [0.4, 0.5) is 0 Å². The van der Waals surface area contributed by atoms with Crippen LogP contribution in [-0.2, 0) is 9.53 Å². The molecule has 1 rings (SSSR count). The van der Waals surface area contributed by atoms with Gasteiger partial charge in [0.15, 0.2) is 0 Å². The molecule has 0 atom stereocenters. The van der Waals surface area contributed by atoms with E-state index in [1.807, 2.05) is 0 Å². The second-order valence-corrected chi connectivity index (χ2v) is 8.14. The van der Waals surface area contributed by atoms with Gasteiger partial charge in [0.2, 0.25) is 0 Å². The van der Waals surface area contributed by atoms with Gasteiger partial charge in [-0.3, -0.25) is 4.79 Å². The van der Waals surface area contributed by atoms with E-state index in [0.717, 1.165) is 6.42 Å². The van der Waals surface area contributed by atoms with Crippen molar-refractivity contribution in [3.8, 4) is 0 Å². The zero-order valence-corrected chi connectivity index (χ0v) is 12.6. The van der Waals surface area contributed by atoms with Crippen LogP contribution in [0, 0.1) is 0 Å². The van der Waals surface area contributed by atoms with E-state index < -0.39 is 0 Å². The van der Waals surface area contributed by atoms with Crippen LogP contribution in [0.25, 0.3) is 0 Å². The molecule has 0 aromatic carbocycles. The smallest absolute Gasteiger partial charge is 0.302 e. The highest BCUT2D eigenvalue weighted by Crippen LogP contribution is 2.45. The van der Waals surface area contributed by atoms with Gasteiger partial charge in [0, 0.05) is 6.92 Å². The lowest BCUT2D eigenvalue weighted by Gasteiger charge is -2.32. The summed E-state index contributed by atoms with van der Waals surface area (Å²) in [6.45, 7) is 4.45. The lowest BCUT2D eigenvalue weighted by Crippen LogP contribution is -2.20. The fourth-order valence-corrected chi connectivity index (χ4v) is 4.97. The predicted octanol–water partition coefficient (Wildman–Crippen LogP) is 4.09. The minimum atomic E-state index is -0.160. The molecule has 0 N–H and O–H groups in total. The fraction of sp³-hybridized carbons (Fsp3) is 0.923. The Morgan fingerprint density at radius 1 is 1.18 bits per heavy atom. The first-order valence-electron chi connectivity index (χ1n) is 6.54. The molecule has 17 heavy (non-hydrogen) atoms. The number of carbonyl (C=O) groups is 1. The number of carbonyl (C=O) groups excluding carboxylic acids is 1. The van der Waals surface area contributed by atoms with Gasteiger partial charge >= 0.3 is 5.97 Å². The maximum Gasteiger partial charge on any atom is 0.302 e. The maximum atomic E-state index is 10.6. The van der Waals surface area contributed by atoms with Crippen molar-refractivity contribution in [2.75, 3.05) is 18.1 Å². The van der Waals surface area contributed by atoms with Gasteiger partial charge in [-0.15, -0.1) is 23.5 Å². The molecular formula is C13H24O2S2. The number of esters is 1. The number of hydrogen-bond acceptors (Lipinski definition) is 4. The predicted molar refractivity (Wildman–Crippen MR) is 77.7 cm³/mol. The number of thioether (sulfide) groups is 2. The Hall–Kier alpha value is 0.170. The summed E-state index contributed by atoms with van der Waals surface area (Å²) in [5, 5.41) is 0. The summed E-state index contributed by atoms with van der Waals surface area (Å²) in [4.78, 5) is 10.6. The second-order valence-electron chi connectivity index (χ2n) is 4.69. The number of rotatable bonds is 7. The molecule has 0 aromatic heterocycles. The van der Waals surface area contributed by atoms with Gasteiger partial charge in [-0.2, -0.15) is 0 Å². The van der Waals surface area contributed by atoms with Crippen molar-refractivity contribution in [1.29, 1.82) is 0 Å². The van der Waals surface area contributed by atoms with Crippen molar-refractivity contribution in [3.05, 3.63) is 0 Å². The lowest BCUT2D eigenvalue weighted by molar-refractivity contribution is -0.141. The van der Waals surface area contributed by atoms with Gasteiger partial charge in [0.1, 0.15) is 0 Å². The molecule has 1 aliphatic heterocycles. The largest absolute Gasteiger partial charge is 0.466 e. The Balaban J connectivity index is 1.94. The summed E-state index contributed by atoms with van der Waals surface area (Å²) in [6.07, 6.45) is 7.44. The third kappa shape index (κ3) is 7.24. The summed E-state index contributed by atoms with van der Waals surface area (Å²) in [5.74, 6) is 2.50. The fourth-order valence-electron chi connectivity index (χ4n) is 1.94. The van der Waals surface area contributed by atoms with Gasteiger partial charge < -0.3 is 4.74 Å². The summed E-state index contributed by atoms with van der Waals surface area (Å²) >= 11 is 4.26. The highest BCUT2D eigenvalue weighted by atomic mass is 32.2. The van der Waals surface area contributed by atoms with E-state index in [1.54, 1.807) is 0 Å². The summed E-state index contributed by atoms with van der Waals surface area (Å²) in [7, 11) is 0. The van der Waals surface area contributed by atoms with Crippen molar-refractivity contribution in [1.82, 2.24) is 0 Å². The summed E-state index contributed by atoms with van der Waals surface area (Å²) < 4.78 is 5.38. The first kappa shape index (κ1) is 15.2. The average Bonchev–Trinajstić information content (AvgIpc) is 2.28. The average molecular weight is 276 g/mol. The zero-order valence-electron chi connectivity index (χ0n) is 11.0. The van der Waals surface area contributed by atoms with E-state index in [4.69, 9.17) is 4.74 Å². The highest BCUT2D eigenvalue weighted by molar-refractivity contribution is 8.18. The monoisotopic (exact) mass is 276 g/mol. The van der Waals surface area contributed by atoms with Crippen LogP contribution in [-0.4, -0.2) is 28.2 Å². The molecular weight excluding hydrogens is 252 g/mol. The molecule has 0 bridgehead atoms. The third-order valence-corrected chi connectivity index (χ3v) is 6.26. The van der Waals surface area contributed by atoms with E-state index in [2.05, 4.69) is 30.4 Å². The highest BCUT2D eigenvalue weighted by Gasteiger charge is 2.27. The van der Waals surface area contributed by atoms with Gasteiger partial charge in [0.25, 0.3) is 0 Å². The van der Waals surface area contributed by atoms with E-state index in [1.165, 1.54) is 50.5 Å². The SMILES string of the molecule is CC(=O)OCCCCCCC1(C)SCCCS1. The van der Waals surface area contributed by atoms with Crippen molar-refractivity contribution in [2.45, 2.75) is 56.5 Å². The van der Waals surface area contributed by atoms with Crippen LogP contribution >= 0.6 is 23.5 Å². The standard InChI is InChI=1S/C13H24O2S2/c1-12(14)15-9-6-4-3-5-8-13(2)16-10-7-11-17-13/h3-11H2,1-2H3. The molecule has 1 heterocycles. The van der Waals surface area contributed by atoms with Gasteiger partial charge in [-0.1, -0.05) is 19.3 Å². The molecule has 100 valence electrons. The molecule has 2 nitrogen and oxygen atoms in total. The second kappa shape index (κ2) is 8.30. The van der Waals surface area contributed by atoms with E-state index in [0.29, 0.717) is 10.7 Å². The molecule has 0 amide bonds. The Labute approximate surface area is 114 Å². The number of ether oxygens (including phenoxy) is 1. The first-order chi connectivity index (χ1) is 8.12. The van der Waals surface area contributed by atoms with Crippen LogP contribution < -0.4 is 0 Å². The third-order valence-electron chi connectivity index (χ3n) is 2.93. The Morgan fingerprint density at radius 2 is 1.82 bits per heavy atom. The minimum absolute atomic E-state index is 0.160. The number of hydrogen-bond donors (Lipinski definition) is 0. The Bertz CT molecular complexity index is 225. The molecule has 0 aliphatic carbocycles. The Morgan fingerprint density at radius 3 is 2.47 bits per heavy atom. The van der Waals surface area contributed by atoms with Crippen molar-refractivity contribution < 1.29 is 9.53 Å². The summed E-state index contributed by atoms with van der Waals surface area (Å²) in [5.41, 5.74) is 0. The van der Waals surface area contributed by atoms with Crippen molar-refractivity contribution in [2.24, 2.45) is 0 Å². The molecule has 0 spiro atoms. The van der Waals surface area contributed by atoms with Gasteiger partial charge in [0.05, 0.1) is 10.7 Å². The van der Waals surface area contributed by atoms with Crippen LogP contribution in [0.1, 0.15) is 52.4 Å². The van der Waals surface area contributed by atoms with Crippen LogP contribution in [0.5, 0.6) is 0 Å². The summed E-state index contributed by atoms with van der Waals surface area (Å²) in [6, 6.07) is 0. The van der Waals surface area contributed by atoms with E-state index in [9.17, 15) is 4.79 Å². The Kier molecular flexibility index (Phi) is 7.44. The molecule has 1 aliphatic rings. The van der Waals surface area contributed by atoms with Gasteiger partial charge in [-0.05, 0) is 37.7 Å². The first-order valence-corrected chi connectivity index (χ1v) is 8.51. The van der Waals surface area contributed by atoms with E-state index >= 15 is 0 Å². The topological polar surface area (TPSA) is 26.3 Å². The van der Waals surface area contributed by atoms with Crippen LogP contribution in [0.3, 0.4) is 0 Å². The maximum absolute atomic E-state index is 10.6. The molecule has 0 unspecified atom stereocenters.